The van der Waals surface area contributed by atoms with Crippen molar-refractivity contribution in [1.82, 2.24) is 14.8 Å². The van der Waals surface area contributed by atoms with Gasteiger partial charge in [0.1, 0.15) is 17.0 Å². The number of methoxy groups -OCH3 is 1. The van der Waals surface area contributed by atoms with Crippen LogP contribution >= 0.6 is 0 Å². The molecule has 34 heavy (non-hydrogen) atoms. The molecule has 10 heteroatoms. The van der Waals surface area contributed by atoms with E-state index in [0.717, 1.165) is 24.0 Å². The maximum atomic E-state index is 11.6. The molecule has 1 aromatic carbocycles. The summed E-state index contributed by atoms with van der Waals surface area (Å²) in [6, 6.07) is 7.26. The number of azo groups is 1. The van der Waals surface area contributed by atoms with Gasteiger partial charge in [-0.2, -0.15) is 0 Å². The summed E-state index contributed by atoms with van der Waals surface area (Å²) in [5.74, 6) is 1.49. The normalized spacial score (nSPS) is 22.6. The van der Waals surface area contributed by atoms with Crippen LogP contribution in [0.5, 0.6) is 11.5 Å². The Morgan fingerprint density at radius 2 is 2.03 bits per heavy atom. The molecule has 1 amide bonds. The lowest BCUT2D eigenvalue weighted by atomic mass is 10.1. The van der Waals surface area contributed by atoms with Crippen LogP contribution in [0.4, 0.5) is 10.6 Å². The van der Waals surface area contributed by atoms with Gasteiger partial charge in [0.05, 0.1) is 18.1 Å². The van der Waals surface area contributed by atoms with Crippen molar-refractivity contribution in [2.24, 2.45) is 10.2 Å². The first-order valence-electron chi connectivity index (χ1n) is 11.2. The fourth-order valence-corrected chi connectivity index (χ4v) is 5.36. The maximum Gasteiger partial charge on any atom is 0.407 e. The Morgan fingerprint density at radius 1 is 1.24 bits per heavy atom. The van der Waals surface area contributed by atoms with E-state index in [4.69, 9.17) is 9.15 Å². The molecule has 3 aliphatic heterocycles. The van der Waals surface area contributed by atoms with Crippen LogP contribution in [-0.4, -0.2) is 63.4 Å². The van der Waals surface area contributed by atoms with E-state index in [0.29, 0.717) is 47.9 Å². The van der Waals surface area contributed by atoms with Crippen molar-refractivity contribution < 1.29 is 24.2 Å². The van der Waals surface area contributed by atoms with Crippen molar-refractivity contribution in [3.63, 3.8) is 0 Å². The third-order valence-electron chi connectivity index (χ3n) is 6.88. The topological polar surface area (TPSA) is 124 Å². The quantitative estimate of drug-likeness (QED) is 0.588. The van der Waals surface area contributed by atoms with Crippen LogP contribution in [0.3, 0.4) is 0 Å². The lowest BCUT2D eigenvalue weighted by Crippen LogP contribution is -2.55. The summed E-state index contributed by atoms with van der Waals surface area (Å²) < 4.78 is 11.8. The Bertz CT molecular complexity index is 1350. The smallest absolute Gasteiger partial charge is 0.407 e. The number of hydrogen-bond donors (Lipinski definition) is 2. The molecule has 0 saturated carbocycles. The van der Waals surface area contributed by atoms with Crippen molar-refractivity contribution in [1.29, 1.82) is 0 Å². The fourth-order valence-electron chi connectivity index (χ4n) is 5.36. The molecule has 174 valence electrons. The van der Waals surface area contributed by atoms with Crippen molar-refractivity contribution >= 4 is 34.7 Å². The Kier molecular flexibility index (Phi) is 4.77. The van der Waals surface area contributed by atoms with E-state index in [2.05, 4.69) is 20.1 Å². The van der Waals surface area contributed by atoms with E-state index in [1.54, 1.807) is 30.3 Å². The van der Waals surface area contributed by atoms with Crippen LogP contribution in [0.1, 0.15) is 29.7 Å². The largest absolute Gasteiger partial charge is 0.504 e. The predicted molar refractivity (Wildman–Crippen MR) is 123 cm³/mol. The van der Waals surface area contributed by atoms with Crippen LogP contribution in [0, 0.1) is 0 Å². The first-order chi connectivity index (χ1) is 16.5. The number of nitrogens with zero attached hydrogens (tertiary/aromatic N) is 5. The van der Waals surface area contributed by atoms with Gasteiger partial charge in [0.15, 0.2) is 17.3 Å². The van der Waals surface area contributed by atoms with Crippen LogP contribution in [0.15, 0.2) is 45.1 Å². The van der Waals surface area contributed by atoms with Crippen LogP contribution in [0.25, 0.3) is 22.7 Å². The van der Waals surface area contributed by atoms with E-state index < -0.39 is 6.09 Å². The third kappa shape index (κ3) is 3.21. The predicted octanol–water partition coefficient (Wildman–Crippen LogP) is 4.46. The number of piperazine rings is 1. The zero-order valence-corrected chi connectivity index (χ0v) is 18.5. The average molecular weight is 461 g/mol. The highest BCUT2D eigenvalue weighted by Gasteiger charge is 2.42. The molecule has 3 aliphatic rings. The number of benzene rings is 1. The first-order valence-corrected chi connectivity index (χ1v) is 11.2. The summed E-state index contributed by atoms with van der Waals surface area (Å²) in [6.45, 7) is 1.82. The summed E-state index contributed by atoms with van der Waals surface area (Å²) in [4.78, 5) is 19.7. The molecular weight excluding hydrogens is 438 g/mol. The van der Waals surface area contributed by atoms with Gasteiger partial charge in [0, 0.05) is 49.6 Å². The minimum absolute atomic E-state index is 0.00634. The molecule has 10 nitrogen and oxygen atoms in total. The third-order valence-corrected chi connectivity index (χ3v) is 6.88. The molecule has 0 radical (unpaired) electrons. The first kappa shape index (κ1) is 20.7. The molecular formula is C24H23N5O5. The molecule has 3 aromatic rings. The van der Waals surface area contributed by atoms with Crippen LogP contribution in [-0.2, 0) is 6.54 Å². The fraction of sp³-hybridized carbons (Fsp3) is 0.333. The van der Waals surface area contributed by atoms with Gasteiger partial charge < -0.3 is 19.4 Å². The molecule has 2 unspecified atom stereocenters. The molecule has 2 bridgehead atoms. The molecule has 6 rings (SSSR count). The number of aromatic hydroxyl groups is 1. The molecule has 5 heterocycles. The zero-order valence-electron chi connectivity index (χ0n) is 18.5. The number of furan rings is 1. The van der Waals surface area contributed by atoms with Crippen LogP contribution in [0.2, 0.25) is 0 Å². The van der Waals surface area contributed by atoms with Crippen molar-refractivity contribution in [3.8, 4) is 11.5 Å². The van der Waals surface area contributed by atoms with Gasteiger partial charge in [0.25, 0.3) is 0 Å². The average Bonchev–Trinajstić information content (AvgIpc) is 3.47. The van der Waals surface area contributed by atoms with Crippen molar-refractivity contribution in [2.75, 3.05) is 20.2 Å². The standard InChI is InChI=1S/C24H23N5O5/c1-33-19-7-6-16-21(30)20(9-18-15-3-2-8-25-23(15)27-26-18)34-22(16)17(19)12-28-10-13-4-5-14(11-28)29(13)24(31)32/h2-3,6-9,13-14,30H,4-5,10-12H2,1H3,(H,31,32). The van der Waals surface area contributed by atoms with Gasteiger partial charge >= 0.3 is 6.09 Å². The number of amides is 1. The highest BCUT2D eigenvalue weighted by atomic mass is 16.5. The summed E-state index contributed by atoms with van der Waals surface area (Å²) in [7, 11) is 1.60. The van der Waals surface area contributed by atoms with Gasteiger partial charge in [0.2, 0.25) is 0 Å². The number of ether oxygens (including phenoxy) is 1. The summed E-state index contributed by atoms with van der Waals surface area (Å²) in [5, 5.41) is 29.3. The summed E-state index contributed by atoms with van der Waals surface area (Å²) >= 11 is 0. The lowest BCUT2D eigenvalue weighted by molar-refractivity contribution is 0.0589. The summed E-state index contributed by atoms with van der Waals surface area (Å²) in [5.41, 5.74) is 2.69. The minimum Gasteiger partial charge on any atom is -0.504 e. The Morgan fingerprint density at radius 3 is 2.76 bits per heavy atom. The Balaban J connectivity index is 1.36. The Labute approximate surface area is 194 Å². The lowest BCUT2D eigenvalue weighted by Gasteiger charge is -2.39. The van der Waals surface area contributed by atoms with E-state index in [9.17, 15) is 15.0 Å². The monoisotopic (exact) mass is 461 g/mol. The summed E-state index contributed by atoms with van der Waals surface area (Å²) in [6.07, 6.45) is 4.22. The molecule has 2 fully saturated rings. The number of carbonyl (C=O) groups is 1. The maximum absolute atomic E-state index is 11.6. The number of aromatic nitrogens is 1. The van der Waals surface area contributed by atoms with E-state index in [-0.39, 0.29) is 23.6 Å². The second-order valence-corrected chi connectivity index (χ2v) is 8.81. The highest BCUT2D eigenvalue weighted by molar-refractivity contribution is 5.94. The number of pyridine rings is 1. The number of carboxylic acid groups (broad SMARTS) is 1. The van der Waals surface area contributed by atoms with Gasteiger partial charge in [-0.3, -0.25) is 9.80 Å². The zero-order chi connectivity index (χ0) is 23.4. The highest BCUT2D eigenvalue weighted by Crippen LogP contribution is 2.42. The molecule has 2 N–H and O–H groups in total. The second-order valence-electron chi connectivity index (χ2n) is 8.81. The molecule has 0 aliphatic carbocycles. The molecule has 2 aromatic heterocycles. The van der Waals surface area contributed by atoms with Crippen molar-refractivity contribution in [3.05, 3.63) is 47.3 Å². The molecule has 2 saturated heterocycles. The Hall–Kier alpha value is -3.92. The van der Waals surface area contributed by atoms with Gasteiger partial charge in [-0.15, -0.1) is 10.2 Å². The van der Waals surface area contributed by atoms with Gasteiger partial charge in [-0.25, -0.2) is 9.78 Å². The van der Waals surface area contributed by atoms with E-state index >= 15 is 0 Å². The van der Waals surface area contributed by atoms with Gasteiger partial charge in [-0.1, -0.05) is 0 Å². The van der Waals surface area contributed by atoms with E-state index in [1.807, 2.05) is 18.2 Å². The SMILES string of the molecule is COc1ccc2c(O)c(C=C3N=Nc4ncccc43)oc2c1CN1CC2CCC(C1)N2C(=O)O. The van der Waals surface area contributed by atoms with Gasteiger partial charge in [-0.05, 0) is 37.1 Å². The van der Waals surface area contributed by atoms with Crippen molar-refractivity contribution in [2.45, 2.75) is 31.5 Å². The number of hydrogen-bond acceptors (Lipinski definition) is 8. The molecule has 2 atom stereocenters. The minimum atomic E-state index is -0.846. The van der Waals surface area contributed by atoms with Crippen LogP contribution < -0.4 is 4.74 Å². The second kappa shape index (κ2) is 7.84. The molecule has 0 spiro atoms. The van der Waals surface area contributed by atoms with E-state index in [1.165, 1.54) is 0 Å². The number of fused-ring (bicyclic) bond motifs is 4. The number of rotatable bonds is 4. The number of likely N-dealkylation sites (tertiary alicyclic amines) is 1.